The van der Waals surface area contributed by atoms with Crippen LogP contribution in [0.25, 0.3) is 0 Å². The van der Waals surface area contributed by atoms with E-state index in [1.165, 1.54) is 0 Å². The standard InChI is InChI=1S/C13H19N3O2.ClH/c1-18-12-6-2-4-10(8-12)15-13(17)16-11-5-3-7-14-9-11;/h2,4,6,8,11,14H,3,5,7,9H2,1H3,(H2,15,16,17);1H. The smallest absolute Gasteiger partial charge is 0.319 e. The highest BCUT2D eigenvalue weighted by Crippen LogP contribution is 2.16. The van der Waals surface area contributed by atoms with Gasteiger partial charge in [0.1, 0.15) is 5.75 Å². The summed E-state index contributed by atoms with van der Waals surface area (Å²) in [5.74, 6) is 0.729. The highest BCUT2D eigenvalue weighted by Gasteiger charge is 2.15. The van der Waals surface area contributed by atoms with Crippen LogP contribution in [0.3, 0.4) is 0 Å². The summed E-state index contributed by atoms with van der Waals surface area (Å²) in [5, 5.41) is 9.02. The Kier molecular flexibility index (Phi) is 6.45. The third-order valence-electron chi connectivity index (χ3n) is 2.96. The van der Waals surface area contributed by atoms with Crippen LogP contribution in [-0.4, -0.2) is 32.3 Å². The quantitative estimate of drug-likeness (QED) is 0.796. The van der Waals surface area contributed by atoms with Crippen LogP contribution in [0.2, 0.25) is 0 Å². The Labute approximate surface area is 119 Å². The molecule has 1 saturated heterocycles. The second-order valence-electron chi connectivity index (χ2n) is 4.37. The first-order valence-electron chi connectivity index (χ1n) is 6.20. The molecule has 6 heteroatoms. The van der Waals surface area contributed by atoms with Gasteiger partial charge >= 0.3 is 6.03 Å². The van der Waals surface area contributed by atoms with Gasteiger partial charge in [0.05, 0.1) is 7.11 Å². The number of ether oxygens (including phenoxy) is 1. The summed E-state index contributed by atoms with van der Waals surface area (Å²) >= 11 is 0. The van der Waals surface area contributed by atoms with E-state index in [1.807, 2.05) is 18.2 Å². The minimum absolute atomic E-state index is 0. The lowest BCUT2D eigenvalue weighted by Crippen LogP contribution is -2.47. The first kappa shape index (κ1) is 15.6. The number of hydrogen-bond acceptors (Lipinski definition) is 3. The van der Waals surface area contributed by atoms with Gasteiger partial charge in [-0.05, 0) is 31.5 Å². The first-order valence-corrected chi connectivity index (χ1v) is 6.20. The monoisotopic (exact) mass is 285 g/mol. The largest absolute Gasteiger partial charge is 0.497 e. The number of amides is 2. The summed E-state index contributed by atoms with van der Waals surface area (Å²) in [6.07, 6.45) is 2.13. The molecule has 0 bridgehead atoms. The van der Waals surface area contributed by atoms with Crippen LogP contribution in [0.4, 0.5) is 10.5 Å². The van der Waals surface area contributed by atoms with Gasteiger partial charge in [-0.2, -0.15) is 0 Å². The van der Waals surface area contributed by atoms with Crippen molar-refractivity contribution in [2.75, 3.05) is 25.5 Å². The fraction of sp³-hybridized carbons (Fsp3) is 0.462. The summed E-state index contributed by atoms with van der Waals surface area (Å²) in [6.45, 7) is 1.88. The van der Waals surface area contributed by atoms with Crippen molar-refractivity contribution in [1.82, 2.24) is 10.6 Å². The maximum absolute atomic E-state index is 11.8. The maximum atomic E-state index is 11.8. The normalized spacial score (nSPS) is 18.1. The lowest BCUT2D eigenvalue weighted by atomic mass is 10.1. The molecule has 1 fully saturated rings. The van der Waals surface area contributed by atoms with Gasteiger partial charge in [-0.3, -0.25) is 0 Å². The molecule has 1 aliphatic rings. The minimum atomic E-state index is -0.169. The summed E-state index contributed by atoms with van der Waals surface area (Å²) in [4.78, 5) is 11.8. The van der Waals surface area contributed by atoms with Crippen LogP contribution in [0.1, 0.15) is 12.8 Å². The third kappa shape index (κ3) is 4.96. The molecule has 2 rings (SSSR count). The maximum Gasteiger partial charge on any atom is 0.319 e. The van der Waals surface area contributed by atoms with E-state index in [1.54, 1.807) is 13.2 Å². The number of methoxy groups -OCH3 is 1. The molecular weight excluding hydrogens is 266 g/mol. The van der Waals surface area contributed by atoms with Gasteiger partial charge in [0.2, 0.25) is 0 Å². The van der Waals surface area contributed by atoms with Gasteiger partial charge in [-0.15, -0.1) is 12.4 Å². The molecule has 0 saturated carbocycles. The van der Waals surface area contributed by atoms with E-state index >= 15 is 0 Å². The number of piperidine rings is 1. The summed E-state index contributed by atoms with van der Waals surface area (Å²) in [5.41, 5.74) is 0.732. The predicted octanol–water partition coefficient (Wildman–Crippen LogP) is 1.99. The number of carbonyl (C=O) groups is 1. The highest BCUT2D eigenvalue weighted by atomic mass is 35.5. The summed E-state index contributed by atoms with van der Waals surface area (Å²) in [6, 6.07) is 7.35. The Balaban J connectivity index is 0.00000180. The number of carbonyl (C=O) groups excluding carboxylic acids is 1. The second-order valence-corrected chi connectivity index (χ2v) is 4.37. The number of rotatable bonds is 3. The van der Waals surface area contributed by atoms with Crippen molar-refractivity contribution in [1.29, 1.82) is 0 Å². The molecule has 1 aromatic carbocycles. The van der Waals surface area contributed by atoms with Crippen molar-refractivity contribution in [3.8, 4) is 5.75 Å². The fourth-order valence-electron chi connectivity index (χ4n) is 2.03. The Morgan fingerprint density at radius 2 is 2.32 bits per heavy atom. The number of urea groups is 1. The van der Waals surface area contributed by atoms with Gasteiger partial charge < -0.3 is 20.7 Å². The Bertz CT molecular complexity index is 409. The molecule has 19 heavy (non-hydrogen) atoms. The van der Waals surface area contributed by atoms with E-state index in [0.717, 1.165) is 37.4 Å². The topological polar surface area (TPSA) is 62.4 Å². The van der Waals surface area contributed by atoms with Crippen molar-refractivity contribution >= 4 is 24.1 Å². The Morgan fingerprint density at radius 1 is 1.47 bits per heavy atom. The minimum Gasteiger partial charge on any atom is -0.497 e. The van der Waals surface area contributed by atoms with Crippen LogP contribution < -0.4 is 20.7 Å². The Morgan fingerprint density at radius 3 is 3.00 bits per heavy atom. The molecule has 106 valence electrons. The van der Waals surface area contributed by atoms with Crippen LogP contribution >= 0.6 is 12.4 Å². The SMILES string of the molecule is COc1cccc(NC(=O)NC2CCCNC2)c1.Cl. The molecule has 2 amide bonds. The van der Waals surface area contributed by atoms with Crippen LogP contribution in [0, 0.1) is 0 Å². The molecule has 1 aliphatic heterocycles. The van der Waals surface area contributed by atoms with Crippen molar-refractivity contribution < 1.29 is 9.53 Å². The van der Waals surface area contributed by atoms with Gasteiger partial charge in [0.15, 0.2) is 0 Å². The van der Waals surface area contributed by atoms with Crippen LogP contribution in [0.5, 0.6) is 5.75 Å². The Hall–Kier alpha value is -1.46. The second kappa shape index (κ2) is 7.86. The lowest BCUT2D eigenvalue weighted by Gasteiger charge is -2.23. The number of hydrogen-bond donors (Lipinski definition) is 3. The number of anilines is 1. The molecule has 1 aromatic rings. The van der Waals surface area contributed by atoms with Crippen molar-refractivity contribution in [3.05, 3.63) is 24.3 Å². The van der Waals surface area contributed by atoms with Crippen molar-refractivity contribution in [2.45, 2.75) is 18.9 Å². The zero-order valence-corrected chi connectivity index (χ0v) is 11.8. The molecule has 0 radical (unpaired) electrons. The van der Waals surface area contributed by atoms with Crippen LogP contribution in [0.15, 0.2) is 24.3 Å². The molecule has 1 atom stereocenters. The average molecular weight is 286 g/mol. The number of nitrogens with one attached hydrogen (secondary N) is 3. The van der Waals surface area contributed by atoms with Gasteiger partial charge in [-0.25, -0.2) is 4.79 Å². The summed E-state index contributed by atoms with van der Waals surface area (Å²) < 4.78 is 5.10. The van der Waals surface area contributed by atoms with E-state index in [0.29, 0.717) is 0 Å². The molecular formula is C13H20ClN3O2. The predicted molar refractivity (Wildman–Crippen MR) is 78.3 cm³/mol. The molecule has 0 spiro atoms. The zero-order valence-electron chi connectivity index (χ0n) is 10.9. The van der Waals surface area contributed by atoms with Gasteiger partial charge in [-0.1, -0.05) is 6.07 Å². The highest BCUT2D eigenvalue weighted by molar-refractivity contribution is 5.89. The van der Waals surface area contributed by atoms with E-state index in [9.17, 15) is 4.79 Å². The molecule has 1 unspecified atom stereocenters. The molecule has 1 heterocycles. The van der Waals surface area contributed by atoms with Gasteiger partial charge in [0, 0.05) is 24.3 Å². The fourth-order valence-corrected chi connectivity index (χ4v) is 2.03. The zero-order chi connectivity index (χ0) is 12.8. The third-order valence-corrected chi connectivity index (χ3v) is 2.96. The van der Waals surface area contributed by atoms with E-state index in [-0.39, 0.29) is 24.5 Å². The van der Waals surface area contributed by atoms with E-state index < -0.39 is 0 Å². The lowest BCUT2D eigenvalue weighted by molar-refractivity contribution is 0.245. The van der Waals surface area contributed by atoms with E-state index in [4.69, 9.17) is 4.74 Å². The van der Waals surface area contributed by atoms with Gasteiger partial charge in [0.25, 0.3) is 0 Å². The number of halogens is 1. The molecule has 0 aromatic heterocycles. The number of benzene rings is 1. The van der Waals surface area contributed by atoms with Crippen molar-refractivity contribution in [2.24, 2.45) is 0 Å². The molecule has 3 N–H and O–H groups in total. The first-order chi connectivity index (χ1) is 8.78. The molecule has 5 nitrogen and oxygen atoms in total. The molecule has 0 aliphatic carbocycles. The van der Waals surface area contributed by atoms with E-state index in [2.05, 4.69) is 16.0 Å². The average Bonchev–Trinajstić information content (AvgIpc) is 2.40. The summed E-state index contributed by atoms with van der Waals surface area (Å²) in [7, 11) is 1.60. The van der Waals surface area contributed by atoms with Crippen molar-refractivity contribution in [3.63, 3.8) is 0 Å². The van der Waals surface area contributed by atoms with Crippen LogP contribution in [-0.2, 0) is 0 Å².